The average molecular weight is 507 g/mol. The molecule has 3 unspecified atom stereocenters. The maximum absolute atomic E-state index is 13.6. The maximum atomic E-state index is 13.6. The number of halogens is 2. The molecule has 0 aromatic heterocycles. The third kappa shape index (κ3) is 4.16. The molecular formula is C28H36F2O4S. The molecule has 192 valence electrons. The fraction of sp³-hybridized carbons (Fsp3) is 0.643. The smallest absolute Gasteiger partial charge is 0.316 e. The molecule has 4 nitrogen and oxygen atoms in total. The first-order chi connectivity index (χ1) is 16.4. The standard InChI is InChI=1S/C28H36F2O4S/c1-6-26(4)14-22(34-23(32)15-35-18-7-8-19(29)20(30)13-18)27(5)16(2)9-11-28(17(3)25(26)33)12-10-21(31)24(27)28/h6-8,13,16-17,22,24-25,33H,1,9-12,14-15H2,2-5H3/t16?,17-,22+,24?,25-,26+,27-,28?/m0/s1. The van der Waals surface area contributed by atoms with Crippen LogP contribution in [0, 0.1) is 45.6 Å². The number of aliphatic hydroxyl groups is 1. The van der Waals surface area contributed by atoms with Crippen LogP contribution < -0.4 is 0 Å². The van der Waals surface area contributed by atoms with Crippen LogP contribution >= 0.6 is 11.8 Å². The molecule has 7 heteroatoms. The molecule has 3 aliphatic carbocycles. The Morgan fingerprint density at radius 1 is 1.26 bits per heavy atom. The molecule has 3 saturated carbocycles. The van der Waals surface area contributed by atoms with Gasteiger partial charge in [0.25, 0.3) is 0 Å². The highest BCUT2D eigenvalue weighted by Crippen LogP contribution is 2.68. The van der Waals surface area contributed by atoms with Crippen LogP contribution in [0.1, 0.15) is 59.8 Å². The number of hydrogen-bond donors (Lipinski definition) is 1. The van der Waals surface area contributed by atoms with Gasteiger partial charge in [-0.2, -0.15) is 0 Å². The fourth-order valence-electron chi connectivity index (χ4n) is 7.40. The summed E-state index contributed by atoms with van der Waals surface area (Å²) in [5, 5.41) is 11.6. The highest BCUT2D eigenvalue weighted by molar-refractivity contribution is 8.00. The third-order valence-electron chi connectivity index (χ3n) is 9.82. The third-order valence-corrected chi connectivity index (χ3v) is 10.8. The summed E-state index contributed by atoms with van der Waals surface area (Å²) in [5.41, 5.74) is -1.60. The van der Waals surface area contributed by atoms with Crippen molar-refractivity contribution in [1.29, 1.82) is 0 Å². The zero-order chi connectivity index (χ0) is 25.8. The lowest BCUT2D eigenvalue weighted by molar-refractivity contribution is -0.205. The van der Waals surface area contributed by atoms with Gasteiger partial charge in [0.15, 0.2) is 11.6 Å². The Bertz CT molecular complexity index is 1030. The highest BCUT2D eigenvalue weighted by Gasteiger charge is 2.68. The Balaban J connectivity index is 1.67. The first kappa shape index (κ1) is 26.3. The number of carbonyl (C=O) groups excluding carboxylic acids is 2. The second kappa shape index (κ2) is 9.29. The van der Waals surface area contributed by atoms with Crippen molar-refractivity contribution < 1.29 is 28.2 Å². The van der Waals surface area contributed by atoms with Crippen molar-refractivity contribution in [3.8, 4) is 0 Å². The van der Waals surface area contributed by atoms with E-state index in [1.807, 2.05) is 6.92 Å². The van der Waals surface area contributed by atoms with Crippen molar-refractivity contribution in [2.45, 2.75) is 76.9 Å². The van der Waals surface area contributed by atoms with E-state index in [4.69, 9.17) is 4.74 Å². The van der Waals surface area contributed by atoms with Gasteiger partial charge in [-0.05, 0) is 61.1 Å². The number of benzene rings is 1. The minimum absolute atomic E-state index is 0.0699. The lowest BCUT2D eigenvalue weighted by Crippen LogP contribution is -2.63. The monoisotopic (exact) mass is 506 g/mol. The van der Waals surface area contributed by atoms with Gasteiger partial charge in [0.2, 0.25) is 0 Å². The molecular weight excluding hydrogens is 470 g/mol. The Hall–Kier alpha value is -1.73. The molecule has 2 bridgehead atoms. The van der Waals surface area contributed by atoms with Gasteiger partial charge in [-0.15, -0.1) is 18.3 Å². The second-order valence-corrected chi connectivity index (χ2v) is 12.5. The average Bonchev–Trinajstić information content (AvgIpc) is 3.18. The van der Waals surface area contributed by atoms with E-state index in [1.165, 1.54) is 6.07 Å². The van der Waals surface area contributed by atoms with Crippen molar-refractivity contribution in [3.63, 3.8) is 0 Å². The Morgan fingerprint density at radius 3 is 2.63 bits per heavy atom. The van der Waals surface area contributed by atoms with Crippen molar-refractivity contribution in [2.75, 3.05) is 5.75 Å². The molecule has 1 aromatic rings. The van der Waals surface area contributed by atoms with Gasteiger partial charge in [0.1, 0.15) is 11.9 Å². The number of hydrogen-bond acceptors (Lipinski definition) is 5. The number of Topliss-reactive ketones (excluding diaryl/α,β-unsaturated/α-hetero) is 1. The predicted octanol–water partition coefficient (Wildman–Crippen LogP) is 5.96. The Labute approximate surface area is 210 Å². The number of ether oxygens (including phenoxy) is 1. The van der Waals surface area contributed by atoms with Gasteiger partial charge in [-0.25, -0.2) is 8.78 Å². The van der Waals surface area contributed by atoms with E-state index in [9.17, 15) is 23.5 Å². The summed E-state index contributed by atoms with van der Waals surface area (Å²) in [6.45, 7) is 12.3. The molecule has 4 rings (SSSR count). The van der Waals surface area contributed by atoms with E-state index in [-0.39, 0.29) is 34.7 Å². The van der Waals surface area contributed by atoms with E-state index in [0.29, 0.717) is 17.7 Å². The summed E-state index contributed by atoms with van der Waals surface area (Å²) in [7, 11) is 0. The zero-order valence-electron chi connectivity index (χ0n) is 21.0. The van der Waals surface area contributed by atoms with Crippen molar-refractivity contribution in [3.05, 3.63) is 42.5 Å². The van der Waals surface area contributed by atoms with E-state index >= 15 is 0 Å². The lowest BCUT2D eigenvalue weighted by atomic mass is 9.44. The van der Waals surface area contributed by atoms with Crippen LogP contribution in [0.5, 0.6) is 0 Å². The predicted molar refractivity (Wildman–Crippen MR) is 132 cm³/mol. The summed E-state index contributed by atoms with van der Waals surface area (Å²) in [6, 6.07) is 3.52. The first-order valence-corrected chi connectivity index (χ1v) is 13.5. The van der Waals surface area contributed by atoms with Crippen molar-refractivity contribution in [1.82, 2.24) is 0 Å². The first-order valence-electron chi connectivity index (χ1n) is 12.5. The molecule has 1 N–H and O–H groups in total. The fourth-order valence-corrected chi connectivity index (χ4v) is 8.11. The quantitative estimate of drug-likeness (QED) is 0.303. The molecule has 1 aromatic carbocycles. The van der Waals surface area contributed by atoms with Gasteiger partial charge in [0, 0.05) is 28.1 Å². The molecule has 8 atom stereocenters. The van der Waals surface area contributed by atoms with Crippen LogP contribution in [0.15, 0.2) is 35.7 Å². The molecule has 35 heavy (non-hydrogen) atoms. The van der Waals surface area contributed by atoms with E-state index in [2.05, 4.69) is 27.4 Å². The van der Waals surface area contributed by atoms with Crippen LogP contribution in [-0.2, 0) is 14.3 Å². The number of rotatable bonds is 5. The Kier molecular flexibility index (Phi) is 6.99. The highest BCUT2D eigenvalue weighted by atomic mass is 32.2. The molecule has 3 aliphatic rings. The molecule has 0 heterocycles. The second-order valence-electron chi connectivity index (χ2n) is 11.4. The normalized spacial score (nSPS) is 41.0. The van der Waals surface area contributed by atoms with Crippen LogP contribution in [0.4, 0.5) is 8.78 Å². The summed E-state index contributed by atoms with van der Waals surface area (Å²) in [6.07, 6.45) is 3.83. The summed E-state index contributed by atoms with van der Waals surface area (Å²) < 4.78 is 33.0. The van der Waals surface area contributed by atoms with Crippen LogP contribution in [0.25, 0.3) is 0 Å². The summed E-state index contributed by atoms with van der Waals surface area (Å²) >= 11 is 1.08. The van der Waals surface area contributed by atoms with Gasteiger partial charge in [0.05, 0.1) is 11.9 Å². The van der Waals surface area contributed by atoms with Gasteiger partial charge in [-0.3, -0.25) is 9.59 Å². The molecule has 3 fully saturated rings. The number of thioether (sulfide) groups is 1. The molecule has 0 saturated heterocycles. The van der Waals surface area contributed by atoms with Crippen LogP contribution in [0.3, 0.4) is 0 Å². The van der Waals surface area contributed by atoms with Crippen molar-refractivity contribution in [2.24, 2.45) is 34.0 Å². The van der Waals surface area contributed by atoms with Gasteiger partial charge >= 0.3 is 5.97 Å². The molecule has 0 amide bonds. The van der Waals surface area contributed by atoms with E-state index in [1.54, 1.807) is 6.08 Å². The minimum atomic E-state index is -0.965. The van der Waals surface area contributed by atoms with Gasteiger partial charge in [-0.1, -0.05) is 33.8 Å². The lowest BCUT2D eigenvalue weighted by Gasteiger charge is -2.61. The minimum Gasteiger partial charge on any atom is -0.461 e. The number of aliphatic hydroxyl groups excluding tert-OH is 1. The number of carbonyl (C=O) groups is 2. The van der Waals surface area contributed by atoms with Gasteiger partial charge < -0.3 is 9.84 Å². The van der Waals surface area contributed by atoms with Crippen LogP contribution in [-0.4, -0.2) is 34.8 Å². The zero-order valence-corrected chi connectivity index (χ0v) is 21.8. The molecule has 0 spiro atoms. The Morgan fingerprint density at radius 2 is 1.97 bits per heavy atom. The maximum Gasteiger partial charge on any atom is 0.316 e. The molecule has 0 aliphatic heterocycles. The van der Waals surface area contributed by atoms with Crippen LogP contribution in [0.2, 0.25) is 0 Å². The summed E-state index contributed by atoms with van der Waals surface area (Å²) in [4.78, 5) is 26.9. The molecule has 0 radical (unpaired) electrons. The number of esters is 1. The number of ketones is 1. The topological polar surface area (TPSA) is 63.6 Å². The van der Waals surface area contributed by atoms with Crippen molar-refractivity contribution >= 4 is 23.5 Å². The SMILES string of the molecule is C=C[C@]1(C)C[C@@H](OC(=O)CSc2ccc(F)c(F)c2)[C@]2(C)C(C)CCC3(CCC(=O)C32)[C@@H](C)[C@@H]1O. The summed E-state index contributed by atoms with van der Waals surface area (Å²) in [5.74, 6) is -2.47. The van der Waals surface area contributed by atoms with E-state index in [0.717, 1.165) is 43.2 Å². The van der Waals surface area contributed by atoms with E-state index < -0.39 is 40.6 Å². The largest absolute Gasteiger partial charge is 0.461 e.